The molecule has 17 heavy (non-hydrogen) atoms. The number of aryl methyl sites for hydroxylation is 2. The van der Waals surface area contributed by atoms with E-state index >= 15 is 0 Å². The molecule has 1 aromatic rings. The van der Waals surface area contributed by atoms with E-state index in [-0.39, 0.29) is 6.04 Å². The van der Waals surface area contributed by atoms with Gasteiger partial charge in [-0.2, -0.15) is 11.8 Å². The lowest BCUT2D eigenvalue weighted by molar-refractivity contribution is 0.640. The lowest BCUT2D eigenvalue weighted by Crippen LogP contribution is -2.16. The van der Waals surface area contributed by atoms with Gasteiger partial charge in [-0.3, -0.25) is 0 Å². The molecule has 1 rings (SSSR count). The van der Waals surface area contributed by atoms with Gasteiger partial charge >= 0.3 is 0 Å². The molecule has 0 saturated carbocycles. The van der Waals surface area contributed by atoms with E-state index in [4.69, 9.17) is 5.73 Å². The molecule has 0 aliphatic carbocycles. The smallest absolute Gasteiger partial charge is 0.0387 e. The zero-order chi connectivity index (χ0) is 13.0. The van der Waals surface area contributed by atoms with Crippen LogP contribution in [0.2, 0.25) is 0 Å². The van der Waals surface area contributed by atoms with Gasteiger partial charge in [-0.25, -0.2) is 0 Å². The van der Waals surface area contributed by atoms with Crippen LogP contribution in [-0.2, 0) is 0 Å². The fourth-order valence-electron chi connectivity index (χ4n) is 1.77. The molecule has 0 amide bonds. The highest BCUT2D eigenvalue weighted by Crippen LogP contribution is 2.24. The highest BCUT2D eigenvalue weighted by atomic mass is 32.2. The van der Waals surface area contributed by atoms with Gasteiger partial charge in [-0.15, -0.1) is 0 Å². The summed E-state index contributed by atoms with van der Waals surface area (Å²) < 4.78 is 0. The number of benzene rings is 1. The van der Waals surface area contributed by atoms with Gasteiger partial charge in [-0.1, -0.05) is 50.1 Å². The molecule has 2 N–H and O–H groups in total. The second kappa shape index (κ2) is 6.46. The fraction of sp³-hybridized carbons (Fsp3) is 0.600. The van der Waals surface area contributed by atoms with Gasteiger partial charge in [0.25, 0.3) is 0 Å². The Balaban J connectivity index is 2.60. The summed E-state index contributed by atoms with van der Waals surface area (Å²) in [6, 6.07) is 6.76. The largest absolute Gasteiger partial charge is 0.323 e. The van der Waals surface area contributed by atoms with Crippen molar-refractivity contribution in [1.29, 1.82) is 0 Å². The Hall–Kier alpha value is -0.470. The van der Waals surface area contributed by atoms with E-state index in [1.165, 1.54) is 16.7 Å². The molecule has 1 nitrogen and oxygen atoms in total. The maximum absolute atomic E-state index is 6.26. The average molecular weight is 251 g/mol. The Morgan fingerprint density at radius 1 is 1.06 bits per heavy atom. The van der Waals surface area contributed by atoms with E-state index < -0.39 is 0 Å². The highest BCUT2D eigenvalue weighted by Gasteiger charge is 2.12. The summed E-state index contributed by atoms with van der Waals surface area (Å²) in [5.74, 6) is 1.72. The molecule has 2 atom stereocenters. The molecule has 2 unspecified atom stereocenters. The van der Waals surface area contributed by atoms with Gasteiger partial charge in [0.05, 0.1) is 0 Å². The number of thioether (sulfide) groups is 1. The lowest BCUT2D eigenvalue weighted by atomic mass is 10.0. The van der Waals surface area contributed by atoms with E-state index in [2.05, 4.69) is 52.8 Å². The maximum Gasteiger partial charge on any atom is 0.0387 e. The van der Waals surface area contributed by atoms with Crippen LogP contribution < -0.4 is 5.73 Å². The van der Waals surface area contributed by atoms with Crippen molar-refractivity contribution < 1.29 is 0 Å². The minimum absolute atomic E-state index is 0.153. The molecule has 0 aliphatic rings. The Kier molecular flexibility index (Phi) is 5.54. The van der Waals surface area contributed by atoms with E-state index in [9.17, 15) is 0 Å². The van der Waals surface area contributed by atoms with Gasteiger partial charge in [0.15, 0.2) is 0 Å². The second-order valence-electron chi connectivity index (χ2n) is 5.31. The Morgan fingerprint density at radius 2 is 1.59 bits per heavy atom. The number of hydrogen-bond donors (Lipinski definition) is 1. The van der Waals surface area contributed by atoms with Gasteiger partial charge in [0.1, 0.15) is 0 Å². The van der Waals surface area contributed by atoms with Crippen LogP contribution in [0.15, 0.2) is 18.2 Å². The first-order valence-corrected chi connectivity index (χ1v) is 7.40. The summed E-state index contributed by atoms with van der Waals surface area (Å²) in [7, 11) is 0. The van der Waals surface area contributed by atoms with Gasteiger partial charge in [0, 0.05) is 17.0 Å². The van der Waals surface area contributed by atoms with Gasteiger partial charge in [0.2, 0.25) is 0 Å². The molecule has 0 fully saturated rings. The summed E-state index contributed by atoms with van der Waals surface area (Å²) in [5.41, 5.74) is 10.1. The number of rotatable bonds is 5. The van der Waals surface area contributed by atoms with Gasteiger partial charge < -0.3 is 5.73 Å². The van der Waals surface area contributed by atoms with Crippen LogP contribution in [0.5, 0.6) is 0 Å². The van der Waals surface area contributed by atoms with Crippen molar-refractivity contribution in [2.75, 3.05) is 5.75 Å². The van der Waals surface area contributed by atoms with Crippen molar-refractivity contribution in [3.8, 4) is 0 Å². The minimum atomic E-state index is 0.153. The van der Waals surface area contributed by atoms with Crippen molar-refractivity contribution in [3.63, 3.8) is 0 Å². The normalized spacial score (nSPS) is 15.0. The third-order valence-corrected chi connectivity index (χ3v) is 4.77. The molecule has 0 saturated heterocycles. The molecular formula is C15H25NS. The molecule has 96 valence electrons. The lowest BCUT2D eigenvalue weighted by Gasteiger charge is -2.19. The zero-order valence-electron chi connectivity index (χ0n) is 11.7. The van der Waals surface area contributed by atoms with E-state index in [0.717, 1.165) is 5.75 Å². The molecule has 0 aliphatic heterocycles. The van der Waals surface area contributed by atoms with E-state index in [1.807, 2.05) is 11.8 Å². The van der Waals surface area contributed by atoms with Crippen molar-refractivity contribution in [1.82, 2.24) is 0 Å². The third-order valence-electron chi connectivity index (χ3n) is 3.15. The first-order chi connectivity index (χ1) is 7.90. The summed E-state index contributed by atoms with van der Waals surface area (Å²) >= 11 is 1.97. The van der Waals surface area contributed by atoms with Crippen molar-refractivity contribution in [2.45, 2.75) is 45.9 Å². The first kappa shape index (κ1) is 14.6. The van der Waals surface area contributed by atoms with E-state index in [1.54, 1.807) is 0 Å². The Bertz CT molecular complexity index is 340. The molecule has 0 heterocycles. The van der Waals surface area contributed by atoms with Crippen LogP contribution in [0.4, 0.5) is 0 Å². The second-order valence-corrected chi connectivity index (χ2v) is 6.72. The minimum Gasteiger partial charge on any atom is -0.323 e. The fourth-order valence-corrected chi connectivity index (χ4v) is 2.86. The monoisotopic (exact) mass is 251 g/mol. The first-order valence-electron chi connectivity index (χ1n) is 6.35. The van der Waals surface area contributed by atoms with Gasteiger partial charge in [-0.05, 0) is 25.3 Å². The van der Waals surface area contributed by atoms with Crippen LogP contribution in [0, 0.1) is 19.8 Å². The molecule has 0 bridgehead atoms. The topological polar surface area (TPSA) is 26.0 Å². The molecule has 0 aromatic heterocycles. The molecule has 0 spiro atoms. The average Bonchev–Trinajstić information content (AvgIpc) is 2.23. The number of hydrogen-bond acceptors (Lipinski definition) is 2. The van der Waals surface area contributed by atoms with Crippen LogP contribution in [0.1, 0.15) is 43.5 Å². The van der Waals surface area contributed by atoms with E-state index in [0.29, 0.717) is 11.2 Å². The van der Waals surface area contributed by atoms with Crippen LogP contribution in [-0.4, -0.2) is 11.0 Å². The summed E-state index contributed by atoms with van der Waals surface area (Å²) in [5, 5.41) is 0.673. The van der Waals surface area contributed by atoms with Crippen molar-refractivity contribution >= 4 is 11.8 Å². The highest BCUT2D eigenvalue weighted by molar-refractivity contribution is 7.99. The predicted octanol–water partition coefficient (Wildman–Crippen LogP) is 4.08. The van der Waals surface area contributed by atoms with Crippen LogP contribution in [0.25, 0.3) is 0 Å². The summed E-state index contributed by atoms with van der Waals surface area (Å²) in [6.07, 6.45) is 0. The Labute approximate surface area is 110 Å². The molecular weight excluding hydrogens is 226 g/mol. The zero-order valence-corrected chi connectivity index (χ0v) is 12.5. The summed E-state index contributed by atoms with van der Waals surface area (Å²) in [6.45, 7) is 11.1. The summed E-state index contributed by atoms with van der Waals surface area (Å²) in [4.78, 5) is 0. The molecule has 1 aromatic carbocycles. The van der Waals surface area contributed by atoms with Crippen LogP contribution >= 0.6 is 11.8 Å². The molecule has 2 heteroatoms. The standard InChI is InChI=1S/C15H25NS/c1-10(2)13(5)17-9-15(16)14-7-11(3)6-12(4)8-14/h6-8,10,13,15H,9,16H2,1-5H3. The quantitative estimate of drug-likeness (QED) is 0.853. The van der Waals surface area contributed by atoms with Crippen LogP contribution in [0.3, 0.4) is 0 Å². The Morgan fingerprint density at radius 3 is 2.06 bits per heavy atom. The maximum atomic E-state index is 6.26. The predicted molar refractivity (Wildman–Crippen MR) is 79.6 cm³/mol. The number of nitrogens with two attached hydrogens (primary N) is 1. The third kappa shape index (κ3) is 4.72. The van der Waals surface area contributed by atoms with Crippen molar-refractivity contribution in [2.24, 2.45) is 11.7 Å². The molecule has 0 radical (unpaired) electrons. The van der Waals surface area contributed by atoms with Crippen molar-refractivity contribution in [3.05, 3.63) is 34.9 Å². The SMILES string of the molecule is Cc1cc(C)cc(C(N)CSC(C)C(C)C)c1.